The first kappa shape index (κ1) is 22.6. The molecule has 2 aromatic carbocycles. The van der Waals surface area contributed by atoms with Gasteiger partial charge in [0.05, 0.1) is 16.1 Å². The zero-order valence-electron chi connectivity index (χ0n) is 19.1. The molecular formula is C26H25FN4O2S. The first-order valence-corrected chi connectivity index (χ1v) is 12.2. The number of amides is 2. The van der Waals surface area contributed by atoms with Gasteiger partial charge in [0.1, 0.15) is 5.82 Å². The van der Waals surface area contributed by atoms with Gasteiger partial charge in [0, 0.05) is 37.8 Å². The Kier molecular flexibility index (Phi) is 6.10. The Labute approximate surface area is 201 Å². The summed E-state index contributed by atoms with van der Waals surface area (Å²) in [5.74, 6) is -0.628. The van der Waals surface area contributed by atoms with Gasteiger partial charge in [-0.15, -0.1) is 0 Å². The number of anilines is 1. The van der Waals surface area contributed by atoms with Crippen LogP contribution in [0.1, 0.15) is 18.1 Å². The molecular weight excluding hydrogens is 451 g/mol. The number of hydrogen-bond acceptors (Lipinski definition) is 6. The summed E-state index contributed by atoms with van der Waals surface area (Å²) in [6.07, 6.45) is 3.44. The van der Waals surface area contributed by atoms with E-state index in [2.05, 4.69) is 27.0 Å². The molecule has 174 valence electrons. The van der Waals surface area contributed by atoms with E-state index in [1.165, 1.54) is 0 Å². The monoisotopic (exact) mass is 476 g/mol. The van der Waals surface area contributed by atoms with Crippen LogP contribution < -0.4 is 10.2 Å². The fourth-order valence-corrected chi connectivity index (χ4v) is 5.29. The number of aromatic nitrogens is 1. The minimum Gasteiger partial charge on any atom is -0.367 e. The number of aryl methyl sites for hydroxylation is 1. The highest BCUT2D eigenvalue weighted by Crippen LogP contribution is 2.34. The van der Waals surface area contributed by atoms with Gasteiger partial charge in [-0.05, 0) is 83.9 Å². The van der Waals surface area contributed by atoms with Crippen molar-refractivity contribution in [3.63, 3.8) is 0 Å². The molecule has 3 heterocycles. The number of carbonyl (C=O) groups is 2. The van der Waals surface area contributed by atoms with Crippen LogP contribution in [0.25, 0.3) is 28.1 Å². The fraction of sp³-hybridized carbons (Fsp3) is 0.269. The van der Waals surface area contributed by atoms with Crippen LogP contribution in [0.2, 0.25) is 0 Å². The molecule has 2 aliphatic heterocycles. The van der Waals surface area contributed by atoms with E-state index in [4.69, 9.17) is 0 Å². The molecule has 2 saturated heterocycles. The molecule has 0 bridgehead atoms. The van der Waals surface area contributed by atoms with Crippen LogP contribution in [-0.4, -0.2) is 53.8 Å². The van der Waals surface area contributed by atoms with Gasteiger partial charge in [0.25, 0.3) is 11.1 Å². The standard InChI is InChI=1S/C26H25FN4O2S/c1-3-30-8-10-31(11-9-30)22-5-4-18(15-21(22)27)19-6-7-28-24-16(2)12-17(13-20(19)24)14-23-25(32)29-26(33)34-23/h4-7,12-15H,3,8-11H2,1-2H3,(H,29,32,33). The van der Waals surface area contributed by atoms with Crippen molar-refractivity contribution < 1.29 is 14.0 Å². The van der Waals surface area contributed by atoms with E-state index in [1.807, 2.05) is 37.3 Å². The van der Waals surface area contributed by atoms with E-state index in [1.54, 1.807) is 18.3 Å². The molecule has 0 spiro atoms. The first-order chi connectivity index (χ1) is 16.4. The fourth-order valence-electron chi connectivity index (χ4n) is 4.60. The Morgan fingerprint density at radius 3 is 2.59 bits per heavy atom. The number of rotatable bonds is 4. The summed E-state index contributed by atoms with van der Waals surface area (Å²) in [6, 6.07) is 11.2. The van der Waals surface area contributed by atoms with Crippen molar-refractivity contribution in [2.45, 2.75) is 13.8 Å². The van der Waals surface area contributed by atoms with Crippen molar-refractivity contribution in [2.75, 3.05) is 37.6 Å². The lowest BCUT2D eigenvalue weighted by Gasteiger charge is -2.35. The summed E-state index contributed by atoms with van der Waals surface area (Å²) in [4.78, 5) is 32.9. The smallest absolute Gasteiger partial charge is 0.290 e. The van der Waals surface area contributed by atoms with Gasteiger partial charge in [-0.1, -0.05) is 13.0 Å². The quantitative estimate of drug-likeness (QED) is 0.545. The number of imide groups is 1. The summed E-state index contributed by atoms with van der Waals surface area (Å²) >= 11 is 0.888. The number of nitrogens with one attached hydrogen (secondary N) is 1. The van der Waals surface area contributed by atoms with E-state index in [-0.39, 0.29) is 11.1 Å². The Balaban J connectivity index is 1.52. The molecule has 3 aromatic rings. The van der Waals surface area contributed by atoms with Gasteiger partial charge < -0.3 is 9.80 Å². The highest BCUT2D eigenvalue weighted by atomic mass is 32.2. The predicted octanol–water partition coefficient (Wildman–Crippen LogP) is 4.82. The normalized spacial score (nSPS) is 18.2. The molecule has 0 unspecified atom stereocenters. The van der Waals surface area contributed by atoms with Crippen molar-refractivity contribution in [1.29, 1.82) is 0 Å². The molecule has 0 radical (unpaired) electrons. The second kappa shape index (κ2) is 9.19. The Hall–Kier alpha value is -3.23. The van der Waals surface area contributed by atoms with Crippen LogP contribution in [-0.2, 0) is 4.79 Å². The maximum absolute atomic E-state index is 15.2. The van der Waals surface area contributed by atoms with Crippen LogP contribution >= 0.6 is 11.8 Å². The summed E-state index contributed by atoms with van der Waals surface area (Å²) in [6.45, 7) is 8.62. The number of likely N-dealkylation sites (N-methyl/N-ethyl adjacent to an activating group) is 1. The molecule has 2 aliphatic rings. The summed E-state index contributed by atoms with van der Waals surface area (Å²) in [5, 5.41) is 2.77. The van der Waals surface area contributed by atoms with Gasteiger partial charge in [-0.25, -0.2) is 4.39 Å². The highest BCUT2D eigenvalue weighted by Gasteiger charge is 2.25. The molecule has 6 nitrogen and oxygen atoms in total. The lowest BCUT2D eigenvalue weighted by Crippen LogP contribution is -2.46. The van der Waals surface area contributed by atoms with Gasteiger partial charge in [0.2, 0.25) is 0 Å². The first-order valence-electron chi connectivity index (χ1n) is 11.3. The Bertz CT molecular complexity index is 1330. The third-order valence-electron chi connectivity index (χ3n) is 6.42. The third-order valence-corrected chi connectivity index (χ3v) is 7.23. The van der Waals surface area contributed by atoms with Crippen LogP contribution in [0.15, 0.2) is 47.5 Å². The molecule has 34 heavy (non-hydrogen) atoms. The van der Waals surface area contributed by atoms with Gasteiger partial charge in [-0.2, -0.15) is 0 Å². The average molecular weight is 477 g/mol. The largest absolute Gasteiger partial charge is 0.367 e. The number of benzene rings is 2. The number of thioether (sulfide) groups is 1. The van der Waals surface area contributed by atoms with Crippen LogP contribution in [0, 0.1) is 12.7 Å². The van der Waals surface area contributed by atoms with Gasteiger partial charge in [-0.3, -0.25) is 19.9 Å². The predicted molar refractivity (Wildman–Crippen MR) is 135 cm³/mol. The maximum atomic E-state index is 15.2. The van der Waals surface area contributed by atoms with Crippen LogP contribution in [0.4, 0.5) is 14.9 Å². The Morgan fingerprint density at radius 1 is 1.12 bits per heavy atom. The summed E-state index contributed by atoms with van der Waals surface area (Å²) < 4.78 is 15.2. The number of carbonyl (C=O) groups excluding carboxylic acids is 2. The number of nitrogens with zero attached hydrogens (tertiary/aromatic N) is 3. The van der Waals surface area contributed by atoms with Crippen molar-refractivity contribution in [3.05, 3.63) is 64.4 Å². The van der Waals surface area contributed by atoms with Crippen molar-refractivity contribution in [2.24, 2.45) is 0 Å². The average Bonchev–Trinajstić information content (AvgIpc) is 3.15. The second-order valence-electron chi connectivity index (χ2n) is 8.53. The molecule has 5 rings (SSSR count). The van der Waals surface area contributed by atoms with E-state index >= 15 is 4.39 Å². The number of halogens is 1. The van der Waals surface area contributed by atoms with E-state index in [0.717, 1.165) is 77.6 Å². The van der Waals surface area contributed by atoms with Gasteiger partial charge in [0.15, 0.2) is 0 Å². The van der Waals surface area contributed by atoms with E-state index in [9.17, 15) is 9.59 Å². The van der Waals surface area contributed by atoms with Crippen molar-refractivity contribution in [3.8, 4) is 11.1 Å². The summed E-state index contributed by atoms with van der Waals surface area (Å²) in [7, 11) is 0. The lowest BCUT2D eigenvalue weighted by molar-refractivity contribution is -0.115. The Morgan fingerprint density at radius 2 is 1.91 bits per heavy atom. The van der Waals surface area contributed by atoms with Gasteiger partial charge >= 0.3 is 0 Å². The van der Waals surface area contributed by atoms with Crippen LogP contribution in [0.5, 0.6) is 0 Å². The maximum Gasteiger partial charge on any atom is 0.290 e. The van der Waals surface area contributed by atoms with Crippen molar-refractivity contribution >= 4 is 45.6 Å². The third kappa shape index (κ3) is 4.31. The zero-order chi connectivity index (χ0) is 23.8. The second-order valence-corrected chi connectivity index (χ2v) is 9.55. The number of piperazine rings is 1. The van der Waals surface area contributed by atoms with E-state index < -0.39 is 5.91 Å². The molecule has 0 saturated carbocycles. The zero-order valence-corrected chi connectivity index (χ0v) is 19.9. The SMILES string of the molecule is CCN1CCN(c2ccc(-c3ccnc4c(C)cc(C=C5SC(=O)NC5=O)cc34)cc2F)CC1. The number of fused-ring (bicyclic) bond motifs is 1. The van der Waals surface area contributed by atoms with E-state index in [0.29, 0.717) is 10.6 Å². The highest BCUT2D eigenvalue weighted by molar-refractivity contribution is 8.18. The van der Waals surface area contributed by atoms with Crippen LogP contribution in [0.3, 0.4) is 0 Å². The summed E-state index contributed by atoms with van der Waals surface area (Å²) in [5.41, 5.74) is 4.82. The molecule has 1 aromatic heterocycles. The minimum absolute atomic E-state index is 0.236. The minimum atomic E-state index is -0.392. The topological polar surface area (TPSA) is 65.5 Å². The molecule has 2 amide bonds. The molecule has 8 heteroatoms. The molecule has 2 fully saturated rings. The lowest BCUT2D eigenvalue weighted by atomic mass is 9.97. The van der Waals surface area contributed by atoms with Crippen molar-refractivity contribution in [1.82, 2.24) is 15.2 Å². The molecule has 0 aliphatic carbocycles. The molecule has 0 atom stereocenters. The molecule has 1 N–H and O–H groups in total. The number of hydrogen-bond donors (Lipinski definition) is 1. The number of pyridine rings is 1.